The molecule has 132 valence electrons. The van der Waals surface area contributed by atoms with Crippen LogP contribution in [0.4, 0.5) is 5.82 Å². The molecular formula is C21H28N4. The standard InChI is InChI=1S/C21H28N4/c1-18-8-9-20(23-22-18)25-15-12-21(17-25)11-5-13-24(16-21)14-10-19-6-3-2-4-7-19/h2-4,6-9H,5,10-17H2,1H3/t21-/m0/s1. The van der Waals surface area contributed by atoms with Crippen molar-refractivity contribution in [3.05, 3.63) is 53.7 Å². The molecule has 3 heterocycles. The molecule has 1 spiro atoms. The van der Waals surface area contributed by atoms with Crippen LogP contribution in [0, 0.1) is 12.3 Å². The third-order valence-electron chi connectivity index (χ3n) is 5.85. The van der Waals surface area contributed by atoms with Gasteiger partial charge in [0.25, 0.3) is 0 Å². The summed E-state index contributed by atoms with van der Waals surface area (Å²) in [6.07, 6.45) is 5.11. The fourth-order valence-corrected chi connectivity index (χ4v) is 4.46. The molecule has 0 unspecified atom stereocenters. The van der Waals surface area contributed by atoms with Gasteiger partial charge in [-0.3, -0.25) is 0 Å². The van der Waals surface area contributed by atoms with Gasteiger partial charge < -0.3 is 9.80 Å². The molecule has 0 aliphatic carbocycles. The Bertz CT molecular complexity index is 685. The van der Waals surface area contributed by atoms with Crippen molar-refractivity contribution in [2.75, 3.05) is 37.6 Å². The van der Waals surface area contributed by atoms with Crippen LogP contribution in [0.1, 0.15) is 30.5 Å². The lowest BCUT2D eigenvalue weighted by atomic mass is 9.79. The van der Waals surface area contributed by atoms with Gasteiger partial charge >= 0.3 is 0 Å². The van der Waals surface area contributed by atoms with E-state index >= 15 is 0 Å². The molecule has 1 aromatic carbocycles. The molecule has 4 nitrogen and oxygen atoms in total. The summed E-state index contributed by atoms with van der Waals surface area (Å²) in [5.74, 6) is 1.05. The number of likely N-dealkylation sites (tertiary alicyclic amines) is 1. The Balaban J connectivity index is 1.36. The first kappa shape index (κ1) is 16.5. The highest BCUT2D eigenvalue weighted by molar-refractivity contribution is 5.39. The van der Waals surface area contributed by atoms with Crippen molar-refractivity contribution < 1.29 is 0 Å². The number of benzene rings is 1. The molecule has 0 N–H and O–H groups in total. The summed E-state index contributed by atoms with van der Waals surface area (Å²) < 4.78 is 0. The first-order valence-electron chi connectivity index (χ1n) is 9.54. The van der Waals surface area contributed by atoms with Gasteiger partial charge in [-0.15, -0.1) is 5.10 Å². The maximum atomic E-state index is 4.40. The lowest BCUT2D eigenvalue weighted by Gasteiger charge is -2.40. The Kier molecular flexibility index (Phi) is 4.71. The molecule has 4 rings (SSSR count). The highest BCUT2D eigenvalue weighted by Crippen LogP contribution is 2.40. The van der Waals surface area contributed by atoms with Crippen molar-refractivity contribution >= 4 is 5.82 Å². The Morgan fingerprint density at radius 1 is 0.960 bits per heavy atom. The SMILES string of the molecule is Cc1ccc(N2CC[C@]3(CCCN(CCc4ccccc4)C3)C2)nn1. The van der Waals surface area contributed by atoms with Crippen molar-refractivity contribution in [2.24, 2.45) is 5.41 Å². The Morgan fingerprint density at radius 3 is 2.64 bits per heavy atom. The van der Waals surface area contributed by atoms with E-state index in [1.54, 1.807) is 0 Å². The second-order valence-corrected chi connectivity index (χ2v) is 7.82. The predicted octanol–water partition coefficient (Wildman–Crippen LogP) is 3.32. The van der Waals surface area contributed by atoms with Crippen LogP contribution in [0.2, 0.25) is 0 Å². The molecule has 2 aliphatic heterocycles. The molecule has 1 aromatic heterocycles. The zero-order valence-corrected chi connectivity index (χ0v) is 15.2. The Hall–Kier alpha value is -1.94. The number of rotatable bonds is 4. The van der Waals surface area contributed by atoms with Crippen LogP contribution in [-0.2, 0) is 6.42 Å². The van der Waals surface area contributed by atoms with E-state index in [0.29, 0.717) is 5.41 Å². The van der Waals surface area contributed by atoms with E-state index < -0.39 is 0 Å². The molecular weight excluding hydrogens is 308 g/mol. The Morgan fingerprint density at radius 2 is 1.84 bits per heavy atom. The molecule has 1 atom stereocenters. The number of piperidine rings is 1. The normalized spacial score (nSPS) is 24.1. The lowest BCUT2D eigenvalue weighted by molar-refractivity contribution is 0.106. The van der Waals surface area contributed by atoms with Crippen LogP contribution in [0.5, 0.6) is 0 Å². The van der Waals surface area contributed by atoms with E-state index in [9.17, 15) is 0 Å². The average molecular weight is 336 g/mol. The van der Waals surface area contributed by atoms with E-state index in [2.05, 4.69) is 62.5 Å². The van der Waals surface area contributed by atoms with Gasteiger partial charge in [-0.25, -0.2) is 0 Å². The third-order valence-corrected chi connectivity index (χ3v) is 5.85. The summed E-state index contributed by atoms with van der Waals surface area (Å²) in [5.41, 5.74) is 2.88. The van der Waals surface area contributed by atoms with E-state index in [4.69, 9.17) is 0 Å². The van der Waals surface area contributed by atoms with Crippen LogP contribution in [0.15, 0.2) is 42.5 Å². The van der Waals surface area contributed by atoms with Crippen LogP contribution < -0.4 is 4.90 Å². The van der Waals surface area contributed by atoms with Gasteiger partial charge in [-0.2, -0.15) is 5.10 Å². The molecule has 0 saturated carbocycles. The average Bonchev–Trinajstić information content (AvgIpc) is 3.05. The monoisotopic (exact) mass is 336 g/mol. The number of anilines is 1. The van der Waals surface area contributed by atoms with Gasteiger partial charge in [0.2, 0.25) is 0 Å². The van der Waals surface area contributed by atoms with Gasteiger partial charge in [0.1, 0.15) is 0 Å². The topological polar surface area (TPSA) is 32.3 Å². The first-order valence-corrected chi connectivity index (χ1v) is 9.54. The fraction of sp³-hybridized carbons (Fsp3) is 0.524. The largest absolute Gasteiger partial charge is 0.355 e. The van der Waals surface area contributed by atoms with Crippen LogP contribution >= 0.6 is 0 Å². The minimum absolute atomic E-state index is 0.446. The summed E-state index contributed by atoms with van der Waals surface area (Å²) in [5, 5.41) is 8.63. The number of nitrogens with zero attached hydrogens (tertiary/aromatic N) is 4. The molecule has 2 saturated heterocycles. The second-order valence-electron chi connectivity index (χ2n) is 7.82. The summed E-state index contributed by atoms with van der Waals surface area (Å²) in [7, 11) is 0. The van der Waals surface area contributed by atoms with Gasteiger partial charge in [0.15, 0.2) is 5.82 Å². The summed E-state index contributed by atoms with van der Waals surface area (Å²) in [4.78, 5) is 5.12. The quantitative estimate of drug-likeness (QED) is 0.857. The van der Waals surface area contributed by atoms with Gasteiger partial charge in [-0.05, 0) is 56.8 Å². The van der Waals surface area contributed by atoms with Crippen molar-refractivity contribution in [2.45, 2.75) is 32.6 Å². The van der Waals surface area contributed by atoms with E-state index in [1.807, 2.05) is 6.92 Å². The Labute approximate surface area is 150 Å². The lowest BCUT2D eigenvalue weighted by Crippen LogP contribution is -2.45. The summed E-state index contributed by atoms with van der Waals surface area (Å²) in [6, 6.07) is 15.1. The van der Waals surface area contributed by atoms with Crippen molar-refractivity contribution in [1.29, 1.82) is 0 Å². The predicted molar refractivity (Wildman–Crippen MR) is 102 cm³/mol. The maximum absolute atomic E-state index is 4.40. The van der Waals surface area contributed by atoms with Crippen LogP contribution in [0.25, 0.3) is 0 Å². The minimum Gasteiger partial charge on any atom is -0.355 e. The smallest absolute Gasteiger partial charge is 0.151 e. The van der Waals surface area contributed by atoms with Crippen LogP contribution in [0.3, 0.4) is 0 Å². The van der Waals surface area contributed by atoms with E-state index in [-0.39, 0.29) is 0 Å². The highest BCUT2D eigenvalue weighted by Gasteiger charge is 2.41. The molecule has 2 aliphatic rings. The van der Waals surface area contributed by atoms with Gasteiger partial charge in [0, 0.05) is 31.6 Å². The second kappa shape index (κ2) is 7.12. The maximum Gasteiger partial charge on any atom is 0.151 e. The van der Waals surface area contributed by atoms with Crippen molar-refractivity contribution in [3.8, 4) is 0 Å². The summed E-state index contributed by atoms with van der Waals surface area (Å²) >= 11 is 0. The molecule has 25 heavy (non-hydrogen) atoms. The highest BCUT2D eigenvalue weighted by atomic mass is 15.3. The summed E-state index contributed by atoms with van der Waals surface area (Å²) in [6.45, 7) is 7.90. The molecule has 4 heteroatoms. The number of aryl methyl sites for hydroxylation is 1. The third kappa shape index (κ3) is 3.84. The molecule has 2 fully saturated rings. The number of hydrogen-bond acceptors (Lipinski definition) is 4. The van der Waals surface area contributed by atoms with E-state index in [0.717, 1.165) is 31.0 Å². The first-order chi connectivity index (χ1) is 12.2. The molecule has 2 aromatic rings. The molecule has 0 amide bonds. The molecule has 0 bridgehead atoms. The molecule has 0 radical (unpaired) electrons. The van der Waals surface area contributed by atoms with Crippen molar-refractivity contribution in [1.82, 2.24) is 15.1 Å². The van der Waals surface area contributed by atoms with Crippen LogP contribution in [-0.4, -0.2) is 47.8 Å². The minimum atomic E-state index is 0.446. The zero-order valence-electron chi connectivity index (χ0n) is 15.2. The van der Waals surface area contributed by atoms with Gasteiger partial charge in [-0.1, -0.05) is 30.3 Å². The van der Waals surface area contributed by atoms with E-state index in [1.165, 1.54) is 44.5 Å². The fourth-order valence-electron chi connectivity index (χ4n) is 4.46. The number of aromatic nitrogens is 2. The van der Waals surface area contributed by atoms with Gasteiger partial charge in [0.05, 0.1) is 5.69 Å². The number of hydrogen-bond donors (Lipinski definition) is 0. The van der Waals surface area contributed by atoms with Crippen molar-refractivity contribution in [3.63, 3.8) is 0 Å². The zero-order chi connectivity index (χ0) is 17.1.